The van der Waals surface area contributed by atoms with E-state index in [1.165, 1.54) is 25.7 Å². The summed E-state index contributed by atoms with van der Waals surface area (Å²) in [7, 11) is 9.59. The van der Waals surface area contributed by atoms with Crippen molar-refractivity contribution >= 4 is 20.2 Å². The monoisotopic (exact) mass is 454 g/mol. The molecule has 6 nitrogen and oxygen atoms in total. The van der Waals surface area contributed by atoms with Gasteiger partial charge in [0.05, 0.1) is 0 Å². The molecular weight excluding hydrogens is 414 g/mol. The van der Waals surface area contributed by atoms with Crippen molar-refractivity contribution < 1.29 is 18.8 Å². The Labute approximate surface area is 180 Å². The molecule has 1 saturated carbocycles. The molecule has 1 saturated heterocycles. The van der Waals surface area contributed by atoms with E-state index < -0.39 is 0 Å². The third kappa shape index (κ3) is 12.3. The van der Waals surface area contributed by atoms with Gasteiger partial charge in [-0.1, -0.05) is 32.1 Å². The summed E-state index contributed by atoms with van der Waals surface area (Å²) < 4.78 is 0. The van der Waals surface area contributed by atoms with Crippen molar-refractivity contribution in [1.82, 2.24) is 0 Å². The number of rotatable bonds is 3. The summed E-state index contributed by atoms with van der Waals surface area (Å²) in [6.07, 6.45) is 7.02. The van der Waals surface area contributed by atoms with E-state index in [2.05, 4.69) is 10.6 Å². The maximum atomic E-state index is 5.66. The number of hydrogen-bond acceptors (Lipinski definition) is 1. The fraction of sp³-hybridized carbons (Fsp3) is 1.00. The molecule has 0 unspecified atom stereocenters. The van der Waals surface area contributed by atoms with Gasteiger partial charge in [-0.05, 0) is 13.0 Å². The SMILES string of the molecule is NCCC[C@H]1C[N-][C@@H]2CCCC[C@H]2[N-]CC[N-]CC[N-]CC[N-]1.[Cl][Mn][Cl].[HH].[HH].[HH].[HH]. The van der Waals surface area contributed by atoms with E-state index >= 15 is 0 Å². The fourth-order valence-electron chi connectivity index (χ4n) is 3.34. The quantitative estimate of drug-likeness (QED) is 0.547. The van der Waals surface area contributed by atoms with Crippen LogP contribution in [0.4, 0.5) is 0 Å². The van der Waals surface area contributed by atoms with Crippen molar-refractivity contribution in [2.45, 2.75) is 56.7 Å². The van der Waals surface area contributed by atoms with Gasteiger partial charge in [-0.15, -0.1) is 0 Å². The van der Waals surface area contributed by atoms with Crippen LogP contribution in [0.25, 0.3) is 26.6 Å². The van der Waals surface area contributed by atoms with E-state index in [1.54, 1.807) is 0 Å². The molecule has 26 heavy (non-hydrogen) atoms. The molecule has 2 aliphatic rings. The van der Waals surface area contributed by atoms with Gasteiger partial charge < -0.3 is 32.3 Å². The first-order valence-electron chi connectivity index (χ1n) is 9.65. The van der Waals surface area contributed by atoms with E-state index in [1.807, 2.05) is 0 Å². The normalized spacial score (nSPS) is 29.4. The van der Waals surface area contributed by atoms with Crippen molar-refractivity contribution in [1.29, 1.82) is 0 Å². The van der Waals surface area contributed by atoms with Gasteiger partial charge in [0, 0.05) is 5.71 Å². The summed E-state index contributed by atoms with van der Waals surface area (Å²) in [5.41, 5.74) is 5.66. The first kappa shape index (κ1) is 24.9. The Morgan fingerprint density at radius 3 is 2.00 bits per heavy atom. The second kappa shape index (κ2) is 17.9. The van der Waals surface area contributed by atoms with E-state index in [0.717, 1.165) is 65.2 Å². The van der Waals surface area contributed by atoms with Crippen molar-refractivity contribution in [2.75, 3.05) is 52.4 Å². The van der Waals surface area contributed by atoms with Gasteiger partial charge in [0.25, 0.3) is 0 Å². The molecule has 0 spiro atoms. The van der Waals surface area contributed by atoms with Crippen LogP contribution in [-0.2, 0) is 13.1 Å². The maximum Gasteiger partial charge on any atom is 0 e. The van der Waals surface area contributed by atoms with E-state index in [4.69, 9.17) is 41.9 Å². The fourth-order valence-corrected chi connectivity index (χ4v) is 3.34. The molecule has 165 valence electrons. The molecule has 0 amide bonds. The minimum Gasteiger partial charge on any atom is 0 e. The molecule has 1 aliphatic carbocycles. The minimum atomic E-state index is 0. The third-order valence-corrected chi connectivity index (χ3v) is 4.67. The molecule has 3 atom stereocenters. The average Bonchev–Trinajstić information content (AvgIpc) is 2.66. The van der Waals surface area contributed by atoms with Gasteiger partial charge in [0.15, 0.2) is 0 Å². The zero-order valence-corrected chi connectivity index (χ0v) is 18.3. The van der Waals surface area contributed by atoms with Gasteiger partial charge >= 0.3 is 33.3 Å². The van der Waals surface area contributed by atoms with Gasteiger partial charge in [0.2, 0.25) is 0 Å². The summed E-state index contributed by atoms with van der Waals surface area (Å²) in [4.78, 5) is 0. The van der Waals surface area contributed by atoms with Crippen molar-refractivity contribution in [3.63, 3.8) is 0 Å². The molecule has 2 N–H and O–H groups in total. The first-order chi connectivity index (χ1) is 12.8. The first-order valence-corrected chi connectivity index (χ1v) is 12.9. The van der Waals surface area contributed by atoms with Crippen LogP contribution in [0, 0.1) is 0 Å². The van der Waals surface area contributed by atoms with Gasteiger partial charge in [-0.3, -0.25) is 0 Å². The smallest absolute Gasteiger partial charge is 0 e. The number of nitrogens with two attached hydrogens (primary N) is 1. The zero-order valence-electron chi connectivity index (χ0n) is 15.6. The van der Waals surface area contributed by atoms with Gasteiger partial charge in [0.1, 0.15) is 0 Å². The molecule has 1 heterocycles. The topological polar surface area (TPSA) is 96.5 Å². The second-order valence-electron chi connectivity index (χ2n) is 6.58. The van der Waals surface area contributed by atoms with Crippen LogP contribution in [0.15, 0.2) is 0 Å². The summed E-state index contributed by atoms with van der Waals surface area (Å²) in [5.74, 6) is 0. The predicted molar refractivity (Wildman–Crippen MR) is 119 cm³/mol. The molecule has 0 aromatic carbocycles. The van der Waals surface area contributed by atoms with E-state index in [9.17, 15) is 0 Å². The standard InChI is InChI=1S/C17H33N6.2ClH.Mn.4H2/c18-7-3-4-15-14-23-17-6-2-1-5-16(17)22-13-11-20-9-8-19-10-12-21-15;;;;;;;/h15-17H,1-14,18H2;2*1H;;4*1H/q-5;;;+2;;;;/p-2/t15-,16+,17+;;;;;;;/m0......./s1. The Bertz CT molecular complexity index is 334. The van der Waals surface area contributed by atoms with Crippen LogP contribution in [0.1, 0.15) is 44.2 Å². The maximum absolute atomic E-state index is 5.66. The van der Waals surface area contributed by atoms with E-state index in [0.29, 0.717) is 18.1 Å². The third-order valence-electron chi connectivity index (χ3n) is 4.67. The molecule has 9 heteroatoms. The van der Waals surface area contributed by atoms with Crippen molar-refractivity contribution in [2.24, 2.45) is 5.73 Å². The largest absolute Gasteiger partial charge is 0 e. The summed E-state index contributed by atoms with van der Waals surface area (Å²) >= 11 is 0.00694. The average molecular weight is 455 g/mol. The van der Waals surface area contributed by atoms with Crippen LogP contribution in [0.2, 0.25) is 0 Å². The molecular formula is C17H41Cl2MnN6-5. The van der Waals surface area contributed by atoms with E-state index in [-0.39, 0.29) is 18.8 Å². The van der Waals surface area contributed by atoms with Crippen molar-refractivity contribution in [3.8, 4) is 0 Å². The molecule has 0 aromatic heterocycles. The van der Waals surface area contributed by atoms with Crippen LogP contribution < -0.4 is 5.73 Å². The number of nitrogens with zero attached hydrogens (tertiary/aromatic N) is 5. The molecule has 0 bridgehead atoms. The minimum absolute atomic E-state index is 0. The van der Waals surface area contributed by atoms with Crippen LogP contribution >= 0.6 is 20.2 Å². The number of fused-ring (bicyclic) bond motifs is 1. The van der Waals surface area contributed by atoms with Gasteiger partial charge in [-0.2, -0.15) is 63.9 Å². The Balaban J connectivity index is -0.000000455. The predicted octanol–water partition coefficient (Wildman–Crippen LogP) is 5.65. The number of hydrogen-bond donors (Lipinski definition) is 1. The Kier molecular flexibility index (Phi) is 17.2. The summed E-state index contributed by atoms with van der Waals surface area (Å²) in [6.45, 7) is 6.51. The Morgan fingerprint density at radius 2 is 1.38 bits per heavy atom. The van der Waals surface area contributed by atoms with Gasteiger partial charge in [-0.25, -0.2) is 0 Å². The van der Waals surface area contributed by atoms with Crippen LogP contribution in [0.3, 0.4) is 0 Å². The summed E-state index contributed by atoms with van der Waals surface area (Å²) in [5, 5.41) is 23.7. The van der Waals surface area contributed by atoms with Crippen molar-refractivity contribution in [3.05, 3.63) is 26.6 Å². The number of halogens is 2. The molecule has 0 radical (unpaired) electrons. The van der Waals surface area contributed by atoms with Crippen LogP contribution in [-0.4, -0.2) is 70.5 Å². The molecule has 1 aliphatic heterocycles. The Hall–Kier alpha value is 0.859. The Morgan fingerprint density at radius 1 is 0.846 bits per heavy atom. The molecule has 0 aromatic rings. The van der Waals surface area contributed by atoms with Crippen LogP contribution in [0.5, 0.6) is 0 Å². The summed E-state index contributed by atoms with van der Waals surface area (Å²) in [6, 6.07) is 1.12. The zero-order chi connectivity index (χ0) is 18.9. The molecule has 2 fully saturated rings. The molecule has 2 rings (SSSR count). The second-order valence-corrected chi connectivity index (χ2v) is 8.53.